The van der Waals surface area contributed by atoms with Crippen LogP contribution in [0.15, 0.2) is 24.3 Å². The molecule has 0 radical (unpaired) electrons. The Bertz CT molecular complexity index is 532. The first kappa shape index (κ1) is 17.3. The number of carbonyl (C=O) groups excluding carboxylic acids is 2. The van der Waals surface area contributed by atoms with E-state index in [9.17, 15) is 14.7 Å². The molecule has 1 aliphatic rings. The van der Waals surface area contributed by atoms with Gasteiger partial charge in [-0.05, 0) is 30.0 Å². The first-order valence-corrected chi connectivity index (χ1v) is 8.29. The van der Waals surface area contributed by atoms with Crippen LogP contribution in [0.2, 0.25) is 0 Å². The molecule has 1 saturated heterocycles. The number of aromatic hydroxyl groups is 1. The molecular formula is C18H26N2O3. The van der Waals surface area contributed by atoms with E-state index >= 15 is 0 Å². The van der Waals surface area contributed by atoms with Crippen molar-refractivity contribution in [2.45, 2.75) is 33.1 Å². The highest BCUT2D eigenvalue weighted by Gasteiger charge is 2.23. The number of phenolic OH excluding ortho intramolecular Hbond substituents is 1. The summed E-state index contributed by atoms with van der Waals surface area (Å²) in [5.41, 5.74) is 0.892. The van der Waals surface area contributed by atoms with Crippen molar-refractivity contribution in [3.63, 3.8) is 0 Å². The summed E-state index contributed by atoms with van der Waals surface area (Å²) in [5.74, 6) is 1.01. The van der Waals surface area contributed by atoms with Gasteiger partial charge in [0.05, 0.1) is 6.42 Å². The van der Waals surface area contributed by atoms with Gasteiger partial charge in [0.15, 0.2) is 0 Å². The van der Waals surface area contributed by atoms with Gasteiger partial charge in [-0.15, -0.1) is 0 Å². The van der Waals surface area contributed by atoms with Gasteiger partial charge in [-0.25, -0.2) is 0 Å². The average molecular weight is 318 g/mol. The summed E-state index contributed by atoms with van der Waals surface area (Å²) in [5, 5.41) is 9.27. The normalized spacial score (nSPS) is 15.1. The Kier molecular flexibility index (Phi) is 6.02. The average Bonchev–Trinajstić information content (AvgIpc) is 2.55. The lowest BCUT2D eigenvalue weighted by Gasteiger charge is -2.35. The molecule has 1 heterocycles. The molecule has 23 heavy (non-hydrogen) atoms. The molecule has 0 atom stereocenters. The van der Waals surface area contributed by atoms with Gasteiger partial charge in [-0.2, -0.15) is 0 Å². The van der Waals surface area contributed by atoms with Gasteiger partial charge in [0.2, 0.25) is 11.8 Å². The molecule has 1 N–H and O–H groups in total. The number of piperazine rings is 1. The highest BCUT2D eigenvalue weighted by Crippen LogP contribution is 2.13. The molecule has 0 spiro atoms. The van der Waals surface area contributed by atoms with Gasteiger partial charge in [0.25, 0.3) is 0 Å². The fourth-order valence-corrected chi connectivity index (χ4v) is 2.68. The molecule has 0 unspecified atom stereocenters. The number of benzene rings is 1. The van der Waals surface area contributed by atoms with Crippen molar-refractivity contribution in [3.8, 4) is 5.75 Å². The Balaban J connectivity index is 1.78. The minimum Gasteiger partial charge on any atom is -0.508 e. The molecule has 0 bridgehead atoms. The zero-order valence-electron chi connectivity index (χ0n) is 14.0. The van der Waals surface area contributed by atoms with E-state index in [1.807, 2.05) is 9.80 Å². The molecule has 5 heteroatoms. The summed E-state index contributed by atoms with van der Waals surface area (Å²) >= 11 is 0. The van der Waals surface area contributed by atoms with Crippen molar-refractivity contribution in [2.75, 3.05) is 26.2 Å². The van der Waals surface area contributed by atoms with E-state index in [2.05, 4.69) is 13.8 Å². The maximum Gasteiger partial charge on any atom is 0.227 e. The van der Waals surface area contributed by atoms with Gasteiger partial charge in [-0.1, -0.05) is 26.0 Å². The van der Waals surface area contributed by atoms with Crippen LogP contribution in [0.3, 0.4) is 0 Å². The number of hydrogen-bond donors (Lipinski definition) is 1. The van der Waals surface area contributed by atoms with Gasteiger partial charge in [0, 0.05) is 32.6 Å². The summed E-state index contributed by atoms with van der Waals surface area (Å²) in [4.78, 5) is 28.1. The second kappa shape index (κ2) is 7.99. The lowest BCUT2D eigenvalue weighted by Crippen LogP contribution is -2.51. The summed E-state index contributed by atoms with van der Waals surface area (Å²) in [6.07, 6.45) is 1.85. The summed E-state index contributed by atoms with van der Waals surface area (Å²) < 4.78 is 0. The molecule has 1 aromatic rings. The SMILES string of the molecule is CC(C)CCC(=O)N1CCN(C(=O)Cc2ccc(O)cc2)CC1. The first-order chi connectivity index (χ1) is 11.0. The molecule has 0 aliphatic carbocycles. The summed E-state index contributed by atoms with van der Waals surface area (Å²) in [7, 11) is 0. The van der Waals surface area contributed by atoms with Crippen molar-refractivity contribution in [1.29, 1.82) is 0 Å². The second-order valence-electron chi connectivity index (χ2n) is 6.54. The third-order valence-corrected chi connectivity index (χ3v) is 4.21. The minimum atomic E-state index is 0.0740. The van der Waals surface area contributed by atoms with Crippen LogP contribution in [-0.4, -0.2) is 52.9 Å². The standard InChI is InChI=1S/C18H26N2O3/c1-14(2)3-8-17(22)19-9-11-20(12-10-19)18(23)13-15-4-6-16(21)7-5-15/h4-7,14,21H,3,8-13H2,1-2H3. The molecule has 2 amide bonds. The third-order valence-electron chi connectivity index (χ3n) is 4.21. The van der Waals surface area contributed by atoms with Crippen molar-refractivity contribution in [3.05, 3.63) is 29.8 Å². The van der Waals surface area contributed by atoms with Crippen molar-refractivity contribution in [2.24, 2.45) is 5.92 Å². The van der Waals surface area contributed by atoms with E-state index in [1.165, 1.54) is 0 Å². The lowest BCUT2D eigenvalue weighted by atomic mass is 10.1. The number of nitrogens with zero attached hydrogens (tertiary/aromatic N) is 2. The number of rotatable bonds is 5. The number of phenols is 1. The molecule has 0 saturated carbocycles. The molecule has 1 fully saturated rings. The van der Waals surface area contributed by atoms with E-state index in [0.717, 1.165) is 12.0 Å². The third kappa shape index (κ3) is 5.27. The number of amides is 2. The highest BCUT2D eigenvalue weighted by atomic mass is 16.3. The lowest BCUT2D eigenvalue weighted by molar-refractivity contribution is -0.139. The van der Waals surface area contributed by atoms with Crippen LogP contribution in [0.25, 0.3) is 0 Å². The predicted molar refractivity (Wildman–Crippen MR) is 89.0 cm³/mol. The predicted octanol–water partition coefficient (Wildman–Crippen LogP) is 2.04. The van der Waals surface area contributed by atoms with E-state index < -0.39 is 0 Å². The van der Waals surface area contributed by atoms with E-state index in [1.54, 1.807) is 24.3 Å². The van der Waals surface area contributed by atoms with Crippen LogP contribution in [0.1, 0.15) is 32.3 Å². The maximum absolute atomic E-state index is 12.3. The van der Waals surface area contributed by atoms with Crippen molar-refractivity contribution in [1.82, 2.24) is 9.80 Å². The van der Waals surface area contributed by atoms with Crippen LogP contribution in [0.4, 0.5) is 0 Å². The molecule has 1 aromatic carbocycles. The molecule has 2 rings (SSSR count). The van der Waals surface area contributed by atoms with Crippen molar-refractivity contribution < 1.29 is 14.7 Å². The number of hydrogen-bond acceptors (Lipinski definition) is 3. The van der Waals surface area contributed by atoms with E-state index in [-0.39, 0.29) is 17.6 Å². The monoisotopic (exact) mass is 318 g/mol. The van der Waals surface area contributed by atoms with E-state index in [4.69, 9.17) is 0 Å². The maximum atomic E-state index is 12.3. The van der Waals surface area contributed by atoms with Crippen molar-refractivity contribution >= 4 is 11.8 Å². The fraction of sp³-hybridized carbons (Fsp3) is 0.556. The zero-order valence-corrected chi connectivity index (χ0v) is 14.0. The summed E-state index contributed by atoms with van der Waals surface area (Å²) in [6, 6.07) is 6.71. The zero-order chi connectivity index (χ0) is 16.8. The topological polar surface area (TPSA) is 60.9 Å². The Labute approximate surface area is 137 Å². The first-order valence-electron chi connectivity index (χ1n) is 8.29. The molecule has 1 aliphatic heterocycles. The fourth-order valence-electron chi connectivity index (χ4n) is 2.68. The van der Waals surface area contributed by atoms with Crippen LogP contribution in [0, 0.1) is 5.92 Å². The smallest absolute Gasteiger partial charge is 0.227 e. The minimum absolute atomic E-state index is 0.0740. The Hall–Kier alpha value is -2.04. The number of carbonyl (C=O) groups is 2. The molecule has 0 aromatic heterocycles. The Morgan fingerprint density at radius 2 is 1.52 bits per heavy atom. The van der Waals surface area contributed by atoms with Gasteiger partial charge in [0.1, 0.15) is 5.75 Å². The quantitative estimate of drug-likeness (QED) is 0.904. The van der Waals surface area contributed by atoms with Crippen LogP contribution in [0.5, 0.6) is 5.75 Å². The van der Waals surface area contributed by atoms with Crippen LogP contribution in [-0.2, 0) is 16.0 Å². The largest absolute Gasteiger partial charge is 0.508 e. The van der Waals surface area contributed by atoms with E-state index in [0.29, 0.717) is 44.9 Å². The molecule has 126 valence electrons. The highest BCUT2D eigenvalue weighted by molar-refractivity contribution is 5.80. The van der Waals surface area contributed by atoms with Crippen LogP contribution < -0.4 is 0 Å². The molecular weight excluding hydrogens is 292 g/mol. The molecule has 5 nitrogen and oxygen atoms in total. The second-order valence-corrected chi connectivity index (χ2v) is 6.54. The Morgan fingerprint density at radius 3 is 2.04 bits per heavy atom. The van der Waals surface area contributed by atoms with Gasteiger partial charge >= 0.3 is 0 Å². The van der Waals surface area contributed by atoms with Gasteiger partial charge < -0.3 is 14.9 Å². The summed E-state index contributed by atoms with van der Waals surface area (Å²) in [6.45, 7) is 6.69. The Morgan fingerprint density at radius 1 is 1.00 bits per heavy atom. The van der Waals surface area contributed by atoms with Crippen LogP contribution >= 0.6 is 0 Å². The van der Waals surface area contributed by atoms with Gasteiger partial charge in [-0.3, -0.25) is 9.59 Å².